The van der Waals surface area contributed by atoms with Crippen molar-refractivity contribution in [1.82, 2.24) is 5.32 Å². The molecule has 0 amide bonds. The van der Waals surface area contributed by atoms with Crippen LogP contribution in [0.15, 0.2) is 24.3 Å². The molecule has 0 aliphatic heterocycles. The molecule has 1 N–H and O–H groups in total. The molecular weight excluding hydrogens is 306 g/mol. The van der Waals surface area contributed by atoms with E-state index in [0.29, 0.717) is 11.4 Å². The number of rotatable bonds is 9. The van der Waals surface area contributed by atoms with E-state index in [1.165, 1.54) is 0 Å². The number of benzene rings is 1. The number of sulfone groups is 1. The third kappa shape index (κ3) is 6.37. The van der Waals surface area contributed by atoms with Gasteiger partial charge in [0.1, 0.15) is 0 Å². The summed E-state index contributed by atoms with van der Waals surface area (Å²) >= 11 is 5.92. The van der Waals surface area contributed by atoms with Gasteiger partial charge in [0.25, 0.3) is 0 Å². The Balaban J connectivity index is 2.75. The first-order chi connectivity index (χ1) is 9.86. The Morgan fingerprint density at radius 2 is 1.81 bits per heavy atom. The van der Waals surface area contributed by atoms with Crippen molar-refractivity contribution < 1.29 is 8.42 Å². The van der Waals surface area contributed by atoms with Crippen molar-refractivity contribution in [2.45, 2.75) is 44.8 Å². The van der Waals surface area contributed by atoms with Crippen LogP contribution < -0.4 is 5.32 Å². The average molecular weight is 332 g/mol. The van der Waals surface area contributed by atoms with E-state index in [4.69, 9.17) is 11.6 Å². The third-order valence-corrected chi connectivity index (χ3v) is 6.12. The highest BCUT2D eigenvalue weighted by atomic mass is 35.5. The van der Waals surface area contributed by atoms with Crippen LogP contribution in [-0.4, -0.2) is 32.5 Å². The molecule has 3 nitrogen and oxygen atoms in total. The van der Waals surface area contributed by atoms with Crippen LogP contribution in [0.1, 0.15) is 45.1 Å². The highest BCUT2D eigenvalue weighted by Crippen LogP contribution is 2.22. The minimum Gasteiger partial charge on any atom is -0.316 e. The van der Waals surface area contributed by atoms with E-state index in [9.17, 15) is 8.42 Å². The van der Waals surface area contributed by atoms with Gasteiger partial charge >= 0.3 is 0 Å². The number of hydrogen-bond donors (Lipinski definition) is 1. The SMILES string of the molecule is CCCNCC(CCS(=O)(=O)C(C)C)c1ccc(Cl)cc1. The second kappa shape index (κ2) is 8.76. The summed E-state index contributed by atoms with van der Waals surface area (Å²) < 4.78 is 24.0. The van der Waals surface area contributed by atoms with E-state index >= 15 is 0 Å². The molecule has 1 aromatic rings. The maximum atomic E-state index is 12.0. The van der Waals surface area contributed by atoms with Gasteiger partial charge in [-0.1, -0.05) is 30.7 Å². The van der Waals surface area contributed by atoms with Crippen LogP contribution in [0.2, 0.25) is 5.02 Å². The Bertz CT molecular complexity index is 512. The predicted molar refractivity (Wildman–Crippen MR) is 90.9 cm³/mol. The van der Waals surface area contributed by atoms with Crippen LogP contribution in [0.5, 0.6) is 0 Å². The fraction of sp³-hybridized carbons (Fsp3) is 0.625. The lowest BCUT2D eigenvalue weighted by Crippen LogP contribution is -2.25. The molecule has 120 valence electrons. The van der Waals surface area contributed by atoms with Gasteiger partial charge in [0.15, 0.2) is 9.84 Å². The van der Waals surface area contributed by atoms with Crippen molar-refractivity contribution in [3.63, 3.8) is 0 Å². The summed E-state index contributed by atoms with van der Waals surface area (Å²) in [5, 5.41) is 3.78. The molecule has 0 radical (unpaired) electrons. The van der Waals surface area contributed by atoms with Crippen LogP contribution >= 0.6 is 11.6 Å². The molecule has 0 bridgehead atoms. The number of halogens is 1. The molecular formula is C16H26ClNO2S. The second-order valence-corrected chi connectivity index (χ2v) is 8.77. The van der Waals surface area contributed by atoms with E-state index < -0.39 is 9.84 Å². The maximum Gasteiger partial charge on any atom is 0.152 e. The lowest BCUT2D eigenvalue weighted by molar-refractivity contribution is 0.551. The second-order valence-electron chi connectivity index (χ2n) is 5.66. The summed E-state index contributed by atoms with van der Waals surface area (Å²) in [7, 11) is -2.99. The summed E-state index contributed by atoms with van der Waals surface area (Å²) in [6.45, 7) is 7.33. The van der Waals surface area contributed by atoms with Gasteiger partial charge in [-0.2, -0.15) is 0 Å². The van der Waals surface area contributed by atoms with E-state index in [1.54, 1.807) is 13.8 Å². The zero-order chi connectivity index (χ0) is 15.9. The van der Waals surface area contributed by atoms with Crippen molar-refractivity contribution >= 4 is 21.4 Å². The van der Waals surface area contributed by atoms with Crippen LogP contribution in [0.3, 0.4) is 0 Å². The summed E-state index contributed by atoms with van der Waals surface area (Å²) in [5.41, 5.74) is 1.14. The quantitative estimate of drug-likeness (QED) is 0.703. The van der Waals surface area contributed by atoms with Crippen molar-refractivity contribution in [2.24, 2.45) is 0 Å². The molecule has 1 aromatic carbocycles. The average Bonchev–Trinajstić information content (AvgIpc) is 2.43. The predicted octanol–water partition coefficient (Wildman–Crippen LogP) is 3.64. The minimum absolute atomic E-state index is 0.197. The van der Waals surface area contributed by atoms with Crippen molar-refractivity contribution in [2.75, 3.05) is 18.8 Å². The largest absolute Gasteiger partial charge is 0.316 e. The molecule has 1 rings (SSSR count). The van der Waals surface area contributed by atoms with E-state index in [0.717, 1.165) is 25.1 Å². The molecule has 1 unspecified atom stereocenters. The molecule has 0 saturated heterocycles. The molecule has 0 aliphatic rings. The smallest absolute Gasteiger partial charge is 0.152 e. The number of nitrogens with one attached hydrogen (secondary N) is 1. The lowest BCUT2D eigenvalue weighted by atomic mass is 9.96. The fourth-order valence-corrected chi connectivity index (χ4v) is 3.33. The Morgan fingerprint density at radius 1 is 1.19 bits per heavy atom. The molecule has 21 heavy (non-hydrogen) atoms. The van der Waals surface area contributed by atoms with Crippen molar-refractivity contribution in [1.29, 1.82) is 0 Å². The van der Waals surface area contributed by atoms with Gasteiger partial charge in [0.05, 0.1) is 11.0 Å². The first kappa shape index (κ1) is 18.5. The summed E-state index contributed by atoms with van der Waals surface area (Å²) in [6.07, 6.45) is 1.70. The molecule has 0 heterocycles. The Hall–Kier alpha value is -0.580. The zero-order valence-corrected chi connectivity index (χ0v) is 14.7. The standard InChI is InChI=1S/C16H26ClNO2S/c1-4-10-18-12-15(9-11-21(19,20)13(2)3)14-5-7-16(17)8-6-14/h5-8,13,15,18H,4,9-12H2,1-3H3. The lowest BCUT2D eigenvalue weighted by Gasteiger charge is -2.19. The van der Waals surface area contributed by atoms with Gasteiger partial charge in [-0.05, 0) is 56.8 Å². The van der Waals surface area contributed by atoms with Gasteiger partial charge < -0.3 is 5.32 Å². The van der Waals surface area contributed by atoms with Crippen LogP contribution in [-0.2, 0) is 9.84 Å². The van der Waals surface area contributed by atoms with Crippen LogP contribution in [0.4, 0.5) is 0 Å². The Labute approximate surface area is 134 Å². The van der Waals surface area contributed by atoms with Crippen LogP contribution in [0.25, 0.3) is 0 Å². The van der Waals surface area contributed by atoms with Gasteiger partial charge in [0, 0.05) is 11.6 Å². The van der Waals surface area contributed by atoms with Gasteiger partial charge in [-0.3, -0.25) is 0 Å². The van der Waals surface area contributed by atoms with Crippen molar-refractivity contribution in [3.05, 3.63) is 34.9 Å². The first-order valence-corrected chi connectivity index (χ1v) is 9.64. The molecule has 5 heteroatoms. The monoisotopic (exact) mass is 331 g/mol. The normalized spacial score (nSPS) is 13.6. The highest BCUT2D eigenvalue weighted by molar-refractivity contribution is 7.91. The van der Waals surface area contributed by atoms with E-state index in [2.05, 4.69) is 12.2 Å². The molecule has 0 aromatic heterocycles. The molecule has 1 atom stereocenters. The first-order valence-electron chi connectivity index (χ1n) is 7.54. The summed E-state index contributed by atoms with van der Waals surface area (Å²) in [5.74, 6) is 0.425. The Kier molecular flexibility index (Phi) is 7.71. The minimum atomic E-state index is -2.99. The topological polar surface area (TPSA) is 46.2 Å². The van der Waals surface area contributed by atoms with E-state index in [-0.39, 0.29) is 16.9 Å². The van der Waals surface area contributed by atoms with Gasteiger partial charge in [0.2, 0.25) is 0 Å². The van der Waals surface area contributed by atoms with Gasteiger partial charge in [-0.25, -0.2) is 8.42 Å². The van der Waals surface area contributed by atoms with Crippen molar-refractivity contribution in [3.8, 4) is 0 Å². The molecule has 0 spiro atoms. The zero-order valence-electron chi connectivity index (χ0n) is 13.1. The fourth-order valence-electron chi connectivity index (χ4n) is 2.12. The van der Waals surface area contributed by atoms with Crippen LogP contribution in [0, 0.1) is 0 Å². The summed E-state index contributed by atoms with van der Waals surface area (Å²) in [6, 6.07) is 7.70. The maximum absolute atomic E-state index is 12.0. The van der Waals surface area contributed by atoms with E-state index in [1.807, 2.05) is 24.3 Å². The molecule has 0 aliphatic carbocycles. The molecule has 0 fully saturated rings. The summed E-state index contributed by atoms with van der Waals surface area (Å²) in [4.78, 5) is 0. The third-order valence-electron chi connectivity index (χ3n) is 3.63. The highest BCUT2D eigenvalue weighted by Gasteiger charge is 2.20. The molecule has 0 saturated carbocycles. The number of hydrogen-bond acceptors (Lipinski definition) is 3. The Morgan fingerprint density at radius 3 is 2.33 bits per heavy atom. The van der Waals surface area contributed by atoms with Gasteiger partial charge in [-0.15, -0.1) is 0 Å².